The molecule has 6 rings (SSSR count). The van der Waals surface area contributed by atoms with Gasteiger partial charge >= 0.3 is 6.03 Å². The minimum Gasteiger partial charge on any atom is -0.497 e. The zero-order chi connectivity index (χ0) is 31.3. The largest absolute Gasteiger partial charge is 0.497 e. The van der Waals surface area contributed by atoms with Crippen molar-refractivity contribution in [2.45, 2.75) is 5.92 Å². The molecule has 2 heterocycles. The van der Waals surface area contributed by atoms with E-state index in [1.165, 1.54) is 5.69 Å². The van der Waals surface area contributed by atoms with Crippen molar-refractivity contribution in [2.24, 2.45) is 4.99 Å². The summed E-state index contributed by atoms with van der Waals surface area (Å²) in [4.78, 5) is 48.0. The molecule has 2 aliphatic heterocycles. The van der Waals surface area contributed by atoms with Gasteiger partial charge in [0.25, 0.3) is 0 Å². The predicted octanol–water partition coefficient (Wildman–Crippen LogP) is 5.76. The number of carbonyl (C=O) groups is 3. The first-order chi connectivity index (χ1) is 21.9. The standard InChI is InChI=1S/C35H34N6O4/c1-40-16-18-41(19-17-40)28-11-7-25(8-12-28)36-22-31-30-15-6-24(21-32(30)39-34(31)43)33(42)23-4-3-5-27(20-23)38-35(44)37-26-9-13-29(45-2)14-10-26/h3-15,20-22,31H,16-19H2,1-2H3,(H,39,43)(H2,37,38,44). The number of ether oxygens (including phenoxy) is 1. The van der Waals surface area contributed by atoms with Crippen LogP contribution in [0.25, 0.3) is 0 Å². The molecule has 0 saturated carbocycles. The third-order valence-corrected chi connectivity index (χ3v) is 8.01. The number of aliphatic imine (C=N–C) groups is 1. The highest BCUT2D eigenvalue weighted by molar-refractivity contribution is 6.15. The number of urea groups is 1. The van der Waals surface area contributed by atoms with Crippen LogP contribution in [0.1, 0.15) is 27.4 Å². The van der Waals surface area contributed by atoms with Crippen molar-refractivity contribution < 1.29 is 19.1 Å². The Bertz CT molecular complexity index is 1750. The van der Waals surface area contributed by atoms with Crippen LogP contribution < -0.4 is 25.6 Å². The number of benzene rings is 4. The molecule has 2 aliphatic rings. The number of nitrogens with zero attached hydrogens (tertiary/aromatic N) is 3. The minimum atomic E-state index is -0.557. The van der Waals surface area contributed by atoms with Gasteiger partial charge in [-0.1, -0.05) is 24.3 Å². The number of nitrogens with one attached hydrogen (secondary N) is 3. The van der Waals surface area contributed by atoms with Crippen LogP contribution in [-0.2, 0) is 4.79 Å². The lowest BCUT2D eigenvalue weighted by Gasteiger charge is -2.34. The number of fused-ring (bicyclic) bond motifs is 1. The first-order valence-electron chi connectivity index (χ1n) is 14.8. The van der Waals surface area contributed by atoms with Crippen molar-refractivity contribution in [3.63, 3.8) is 0 Å². The lowest BCUT2D eigenvalue weighted by atomic mass is 9.97. The summed E-state index contributed by atoms with van der Waals surface area (Å²) in [6, 6.07) is 26.5. The number of piperazine rings is 1. The minimum absolute atomic E-state index is 0.193. The van der Waals surface area contributed by atoms with E-state index < -0.39 is 11.9 Å². The Balaban J connectivity index is 1.10. The van der Waals surface area contributed by atoms with Crippen LogP contribution in [-0.4, -0.2) is 69.2 Å². The molecule has 4 aromatic carbocycles. The van der Waals surface area contributed by atoms with Crippen LogP contribution in [0.4, 0.5) is 33.2 Å². The average molecular weight is 603 g/mol. The highest BCUT2D eigenvalue weighted by Crippen LogP contribution is 2.33. The lowest BCUT2D eigenvalue weighted by molar-refractivity contribution is -0.115. The number of carbonyl (C=O) groups excluding carboxylic acids is 3. The van der Waals surface area contributed by atoms with Gasteiger partial charge in [0.15, 0.2) is 5.78 Å². The molecule has 3 N–H and O–H groups in total. The highest BCUT2D eigenvalue weighted by atomic mass is 16.5. The van der Waals surface area contributed by atoms with E-state index in [0.29, 0.717) is 33.9 Å². The van der Waals surface area contributed by atoms with E-state index in [4.69, 9.17) is 4.74 Å². The van der Waals surface area contributed by atoms with Gasteiger partial charge < -0.3 is 30.5 Å². The number of likely N-dealkylation sites (N-methyl/N-ethyl adjacent to an activating group) is 1. The van der Waals surface area contributed by atoms with Crippen molar-refractivity contribution in [1.82, 2.24) is 4.90 Å². The summed E-state index contributed by atoms with van der Waals surface area (Å²) < 4.78 is 5.14. The fourth-order valence-electron chi connectivity index (χ4n) is 5.42. The fourth-order valence-corrected chi connectivity index (χ4v) is 5.42. The van der Waals surface area contributed by atoms with Gasteiger partial charge in [-0.25, -0.2) is 4.79 Å². The molecule has 45 heavy (non-hydrogen) atoms. The van der Waals surface area contributed by atoms with Crippen molar-refractivity contribution in [2.75, 3.05) is 61.2 Å². The fraction of sp³-hybridized carbons (Fsp3) is 0.200. The second-order valence-electron chi connectivity index (χ2n) is 11.1. The number of methoxy groups -OCH3 is 1. The molecule has 228 valence electrons. The third-order valence-electron chi connectivity index (χ3n) is 8.01. The van der Waals surface area contributed by atoms with Gasteiger partial charge in [0.2, 0.25) is 5.91 Å². The Morgan fingerprint density at radius 2 is 1.58 bits per heavy atom. The van der Waals surface area contributed by atoms with Crippen LogP contribution in [0.15, 0.2) is 96.0 Å². The molecule has 0 spiro atoms. The van der Waals surface area contributed by atoms with Crippen LogP contribution in [0.5, 0.6) is 5.75 Å². The maximum atomic E-state index is 13.4. The lowest BCUT2D eigenvalue weighted by Crippen LogP contribution is -2.44. The van der Waals surface area contributed by atoms with E-state index in [0.717, 1.165) is 37.4 Å². The summed E-state index contributed by atoms with van der Waals surface area (Å²) in [6.45, 7) is 4.07. The topological polar surface area (TPSA) is 115 Å². The number of anilines is 4. The Labute approximate surface area is 261 Å². The number of amides is 3. The zero-order valence-electron chi connectivity index (χ0n) is 25.1. The third kappa shape index (κ3) is 6.86. The van der Waals surface area contributed by atoms with Crippen molar-refractivity contribution >= 4 is 52.4 Å². The molecule has 1 unspecified atom stereocenters. The van der Waals surface area contributed by atoms with Crippen LogP contribution in [0.3, 0.4) is 0 Å². The molecule has 1 saturated heterocycles. The van der Waals surface area contributed by atoms with Gasteiger partial charge in [0.05, 0.1) is 12.8 Å². The first-order valence-corrected chi connectivity index (χ1v) is 14.8. The molecule has 10 heteroatoms. The maximum Gasteiger partial charge on any atom is 0.323 e. The van der Waals surface area contributed by atoms with Crippen molar-refractivity contribution in [3.8, 4) is 5.75 Å². The molecule has 1 atom stereocenters. The van der Waals surface area contributed by atoms with Crippen LogP contribution in [0, 0.1) is 0 Å². The summed E-state index contributed by atoms with van der Waals surface area (Å²) in [7, 11) is 3.71. The predicted molar refractivity (Wildman–Crippen MR) is 178 cm³/mol. The van der Waals surface area contributed by atoms with Gasteiger partial charge in [0, 0.05) is 66.3 Å². The Morgan fingerprint density at radius 1 is 0.867 bits per heavy atom. The smallest absolute Gasteiger partial charge is 0.323 e. The molecule has 0 radical (unpaired) electrons. The highest BCUT2D eigenvalue weighted by Gasteiger charge is 2.30. The molecule has 1 fully saturated rings. The van der Waals surface area contributed by atoms with E-state index in [-0.39, 0.29) is 11.7 Å². The molecule has 10 nitrogen and oxygen atoms in total. The second kappa shape index (κ2) is 13.0. The van der Waals surface area contributed by atoms with Crippen molar-refractivity contribution in [1.29, 1.82) is 0 Å². The molecule has 0 bridgehead atoms. The molecular formula is C35H34N6O4. The van der Waals surface area contributed by atoms with E-state index in [1.54, 1.807) is 80.1 Å². The Hall–Kier alpha value is -5.48. The average Bonchev–Trinajstić information content (AvgIpc) is 3.38. The second-order valence-corrected chi connectivity index (χ2v) is 11.1. The summed E-state index contributed by atoms with van der Waals surface area (Å²) >= 11 is 0. The van der Waals surface area contributed by atoms with Gasteiger partial charge in [0.1, 0.15) is 11.7 Å². The first kappa shape index (κ1) is 29.6. The van der Waals surface area contributed by atoms with E-state index >= 15 is 0 Å². The number of hydrogen-bond donors (Lipinski definition) is 3. The van der Waals surface area contributed by atoms with E-state index in [9.17, 15) is 14.4 Å². The van der Waals surface area contributed by atoms with Crippen LogP contribution >= 0.6 is 0 Å². The maximum absolute atomic E-state index is 13.4. The van der Waals surface area contributed by atoms with Gasteiger partial charge in [-0.2, -0.15) is 0 Å². The number of rotatable bonds is 8. The summed E-state index contributed by atoms with van der Waals surface area (Å²) in [5, 5.41) is 8.40. The number of ketones is 1. The van der Waals surface area contributed by atoms with E-state index in [2.05, 4.69) is 49.9 Å². The Morgan fingerprint density at radius 3 is 2.31 bits per heavy atom. The van der Waals surface area contributed by atoms with E-state index in [1.807, 2.05) is 12.1 Å². The summed E-state index contributed by atoms with van der Waals surface area (Å²) in [5.41, 5.74) is 5.18. The molecular weight excluding hydrogens is 568 g/mol. The quantitative estimate of drug-likeness (QED) is 0.175. The molecule has 3 amide bonds. The molecule has 4 aromatic rings. The van der Waals surface area contributed by atoms with Gasteiger partial charge in [-0.05, 0) is 79.3 Å². The zero-order valence-corrected chi connectivity index (χ0v) is 25.1. The summed E-state index contributed by atoms with van der Waals surface area (Å²) in [5.74, 6) is -0.298. The number of hydrogen-bond acceptors (Lipinski definition) is 7. The van der Waals surface area contributed by atoms with Crippen LogP contribution in [0.2, 0.25) is 0 Å². The molecule has 0 aromatic heterocycles. The van der Waals surface area contributed by atoms with Gasteiger partial charge in [-0.3, -0.25) is 14.6 Å². The Kier molecular flexibility index (Phi) is 8.56. The normalized spacial score (nSPS) is 16.3. The van der Waals surface area contributed by atoms with Gasteiger partial charge in [-0.15, -0.1) is 0 Å². The molecule has 0 aliphatic carbocycles. The summed E-state index contributed by atoms with van der Waals surface area (Å²) in [6.07, 6.45) is 1.65. The monoisotopic (exact) mass is 602 g/mol. The van der Waals surface area contributed by atoms with Crippen molar-refractivity contribution in [3.05, 3.63) is 108 Å². The SMILES string of the molecule is COc1ccc(NC(=O)Nc2cccc(C(=O)c3ccc4c(c3)NC(=O)C4C=Nc3ccc(N4CCN(C)CC4)cc3)c2)cc1.